The summed E-state index contributed by atoms with van der Waals surface area (Å²) in [5.41, 5.74) is 1.09. The molecule has 2 rings (SSSR count). The molecule has 2 aromatic heterocycles. The summed E-state index contributed by atoms with van der Waals surface area (Å²) in [5, 5.41) is 8.11. The van der Waals surface area contributed by atoms with E-state index >= 15 is 0 Å². The van der Waals surface area contributed by atoms with Crippen molar-refractivity contribution in [2.45, 2.75) is 45.7 Å². The third kappa shape index (κ3) is 3.73. The lowest BCUT2D eigenvalue weighted by Crippen LogP contribution is -2.22. The number of halogens is 1. The highest BCUT2D eigenvalue weighted by Gasteiger charge is 2.17. The fourth-order valence-electron chi connectivity index (χ4n) is 2.16. The summed E-state index contributed by atoms with van der Waals surface area (Å²) in [5.74, 6) is 0.941. The van der Waals surface area contributed by atoms with Crippen LogP contribution in [0.15, 0.2) is 33.5 Å². The van der Waals surface area contributed by atoms with Gasteiger partial charge in [-0.25, -0.2) is 0 Å². The first-order chi connectivity index (χ1) is 9.63. The normalized spacial score (nSPS) is 14.4. The van der Waals surface area contributed by atoms with Gasteiger partial charge in [-0.15, -0.1) is 0 Å². The van der Waals surface area contributed by atoms with Crippen LogP contribution in [0, 0.1) is 0 Å². The van der Waals surface area contributed by atoms with Gasteiger partial charge >= 0.3 is 0 Å². The van der Waals surface area contributed by atoms with Crippen LogP contribution in [0.5, 0.6) is 0 Å². The Morgan fingerprint density at radius 3 is 2.75 bits per heavy atom. The molecule has 20 heavy (non-hydrogen) atoms. The van der Waals surface area contributed by atoms with Gasteiger partial charge in [-0.3, -0.25) is 4.68 Å². The molecule has 5 heteroatoms. The van der Waals surface area contributed by atoms with Crippen LogP contribution in [0.25, 0.3) is 0 Å². The monoisotopic (exact) mass is 339 g/mol. The number of nitrogens with one attached hydrogen (secondary N) is 1. The van der Waals surface area contributed by atoms with E-state index in [2.05, 4.69) is 59.4 Å². The minimum Gasteiger partial charge on any atom is -0.453 e. The Kier molecular flexibility index (Phi) is 5.43. The predicted octanol–water partition coefficient (Wildman–Crippen LogP) is 4.10. The van der Waals surface area contributed by atoms with Crippen LogP contribution in [0.3, 0.4) is 0 Å². The number of nitrogens with zero attached hydrogens (tertiary/aromatic N) is 2. The van der Waals surface area contributed by atoms with Gasteiger partial charge in [0.05, 0.1) is 11.7 Å². The summed E-state index contributed by atoms with van der Waals surface area (Å²) in [6.07, 6.45) is 3.98. The van der Waals surface area contributed by atoms with Crippen molar-refractivity contribution >= 4 is 15.9 Å². The minimum atomic E-state index is 0.159. The number of rotatable bonds is 7. The Balaban J connectivity index is 2.10. The number of hydrogen-bond donors (Lipinski definition) is 1. The Hall–Kier alpha value is -1.07. The molecule has 4 nitrogen and oxygen atoms in total. The highest BCUT2D eigenvalue weighted by atomic mass is 79.9. The maximum Gasteiger partial charge on any atom is 0.169 e. The molecule has 0 saturated carbocycles. The van der Waals surface area contributed by atoms with E-state index in [-0.39, 0.29) is 6.04 Å². The molecule has 110 valence electrons. The van der Waals surface area contributed by atoms with Gasteiger partial charge in [0.15, 0.2) is 4.67 Å². The van der Waals surface area contributed by atoms with E-state index in [1.807, 2.05) is 16.8 Å². The number of hydrogen-bond acceptors (Lipinski definition) is 3. The molecule has 0 radical (unpaired) electrons. The van der Waals surface area contributed by atoms with Crippen molar-refractivity contribution in [1.82, 2.24) is 15.1 Å². The van der Waals surface area contributed by atoms with E-state index in [1.165, 1.54) is 0 Å². The van der Waals surface area contributed by atoms with Gasteiger partial charge in [-0.1, -0.05) is 13.8 Å². The Bertz CT molecular complexity index is 535. The molecule has 2 heterocycles. The Labute approximate surface area is 128 Å². The fraction of sp³-hybridized carbons (Fsp3) is 0.533. The van der Waals surface area contributed by atoms with Gasteiger partial charge in [0.25, 0.3) is 0 Å². The molecular formula is C15H22BrN3O. The van der Waals surface area contributed by atoms with Crippen molar-refractivity contribution in [3.8, 4) is 0 Å². The summed E-state index contributed by atoms with van der Waals surface area (Å²) in [7, 11) is 0. The van der Waals surface area contributed by atoms with E-state index in [0.717, 1.165) is 35.5 Å². The first-order valence-corrected chi connectivity index (χ1v) is 7.96. The quantitative estimate of drug-likeness (QED) is 0.825. The average Bonchev–Trinajstić information content (AvgIpc) is 3.06. The van der Waals surface area contributed by atoms with Crippen LogP contribution in [0.2, 0.25) is 0 Å². The molecule has 0 spiro atoms. The second kappa shape index (κ2) is 7.09. The van der Waals surface area contributed by atoms with Crippen LogP contribution in [-0.2, 0) is 6.42 Å². The summed E-state index contributed by atoms with van der Waals surface area (Å²) < 4.78 is 8.47. The maximum atomic E-state index is 5.67. The first kappa shape index (κ1) is 15.3. The lowest BCUT2D eigenvalue weighted by atomic mass is 10.1. The van der Waals surface area contributed by atoms with Gasteiger partial charge in [-0.05, 0) is 54.0 Å². The largest absolute Gasteiger partial charge is 0.453 e. The molecule has 0 aliphatic rings. The van der Waals surface area contributed by atoms with E-state index in [1.54, 1.807) is 0 Å². The third-order valence-corrected chi connectivity index (χ3v) is 3.93. The molecule has 2 aromatic rings. The van der Waals surface area contributed by atoms with Crippen molar-refractivity contribution in [1.29, 1.82) is 0 Å². The molecule has 2 atom stereocenters. The third-order valence-electron chi connectivity index (χ3n) is 3.51. The first-order valence-electron chi connectivity index (χ1n) is 7.16. The van der Waals surface area contributed by atoms with E-state index < -0.39 is 0 Å². The van der Waals surface area contributed by atoms with Gasteiger partial charge in [0, 0.05) is 18.7 Å². The molecule has 1 N–H and O–H groups in total. The Morgan fingerprint density at radius 1 is 1.35 bits per heavy atom. The van der Waals surface area contributed by atoms with Gasteiger partial charge < -0.3 is 9.73 Å². The van der Waals surface area contributed by atoms with Crippen molar-refractivity contribution < 1.29 is 4.42 Å². The molecule has 0 amide bonds. The SMILES string of the molecule is CCNC(Cc1ccn(C(C)CC)n1)c1ccc(Br)o1. The molecule has 0 fully saturated rings. The van der Waals surface area contributed by atoms with Crippen LogP contribution in [0.4, 0.5) is 0 Å². The molecule has 0 aliphatic heterocycles. The summed E-state index contributed by atoms with van der Waals surface area (Å²) in [4.78, 5) is 0. The topological polar surface area (TPSA) is 43.0 Å². The van der Waals surface area contributed by atoms with Crippen molar-refractivity contribution in [3.63, 3.8) is 0 Å². The van der Waals surface area contributed by atoms with Crippen LogP contribution < -0.4 is 5.32 Å². The number of likely N-dealkylation sites (N-methyl/N-ethyl adjacent to an activating group) is 1. The molecule has 0 saturated heterocycles. The molecule has 0 aliphatic carbocycles. The zero-order valence-corrected chi connectivity index (χ0v) is 13.9. The van der Waals surface area contributed by atoms with Crippen molar-refractivity contribution in [2.24, 2.45) is 0 Å². The smallest absolute Gasteiger partial charge is 0.169 e. The highest BCUT2D eigenvalue weighted by molar-refractivity contribution is 9.10. The molecule has 2 unspecified atom stereocenters. The van der Waals surface area contributed by atoms with Crippen LogP contribution >= 0.6 is 15.9 Å². The predicted molar refractivity (Wildman–Crippen MR) is 83.8 cm³/mol. The van der Waals surface area contributed by atoms with E-state index in [9.17, 15) is 0 Å². The minimum absolute atomic E-state index is 0.159. The van der Waals surface area contributed by atoms with Crippen molar-refractivity contribution in [2.75, 3.05) is 6.54 Å². The lowest BCUT2D eigenvalue weighted by Gasteiger charge is -2.14. The standard InChI is InChI=1S/C15H22BrN3O/c1-4-11(3)19-9-8-12(18-19)10-13(17-5-2)14-6-7-15(16)20-14/h6-9,11,13,17H,4-5,10H2,1-3H3. The zero-order valence-electron chi connectivity index (χ0n) is 12.3. The second-order valence-corrected chi connectivity index (χ2v) is 5.78. The molecular weight excluding hydrogens is 318 g/mol. The van der Waals surface area contributed by atoms with Gasteiger partial charge in [0.1, 0.15) is 5.76 Å². The highest BCUT2D eigenvalue weighted by Crippen LogP contribution is 2.23. The fourth-order valence-corrected chi connectivity index (χ4v) is 2.48. The number of furan rings is 1. The van der Waals surface area contributed by atoms with Crippen LogP contribution in [-0.4, -0.2) is 16.3 Å². The summed E-state index contributed by atoms with van der Waals surface area (Å²) in [6, 6.07) is 6.63. The average molecular weight is 340 g/mol. The maximum absolute atomic E-state index is 5.67. The van der Waals surface area contributed by atoms with Gasteiger partial charge in [0.2, 0.25) is 0 Å². The summed E-state index contributed by atoms with van der Waals surface area (Å²) in [6.45, 7) is 7.35. The van der Waals surface area contributed by atoms with E-state index in [4.69, 9.17) is 4.42 Å². The Morgan fingerprint density at radius 2 is 2.15 bits per heavy atom. The second-order valence-electron chi connectivity index (χ2n) is 5.00. The van der Waals surface area contributed by atoms with Crippen LogP contribution in [0.1, 0.15) is 50.7 Å². The molecule has 0 aromatic carbocycles. The van der Waals surface area contributed by atoms with E-state index in [0.29, 0.717) is 6.04 Å². The molecule has 0 bridgehead atoms. The zero-order chi connectivity index (χ0) is 14.5. The number of aromatic nitrogens is 2. The van der Waals surface area contributed by atoms with Crippen molar-refractivity contribution in [3.05, 3.63) is 40.5 Å². The van der Waals surface area contributed by atoms with Gasteiger partial charge in [-0.2, -0.15) is 5.10 Å². The summed E-state index contributed by atoms with van der Waals surface area (Å²) >= 11 is 3.36. The lowest BCUT2D eigenvalue weighted by molar-refractivity contribution is 0.400.